The molecule has 8 nitrogen and oxygen atoms in total. The van der Waals surface area contributed by atoms with Crippen LogP contribution in [0.1, 0.15) is 30.9 Å². The number of ether oxygens (including phenoxy) is 1. The molecular weight excluding hydrogens is 430 g/mol. The van der Waals surface area contributed by atoms with Crippen LogP contribution in [0.15, 0.2) is 41.3 Å². The topological polar surface area (TPSA) is 96.0 Å². The Bertz CT molecular complexity index is 1180. The smallest absolute Gasteiger partial charge is 0.265 e. The maximum Gasteiger partial charge on any atom is 0.265 e. The lowest BCUT2D eigenvalue weighted by atomic mass is 10.1. The number of benzene rings is 2. The number of amides is 2. The zero-order chi connectivity index (χ0) is 23.2. The number of rotatable bonds is 4. The molecule has 2 aliphatic rings. The number of likely N-dealkylation sites (N-methyl/N-ethyl adjacent to an activating group) is 1. The number of hydrogen-bond donors (Lipinski definition) is 1. The molecule has 2 aliphatic heterocycles. The molecule has 32 heavy (non-hydrogen) atoms. The van der Waals surface area contributed by atoms with Gasteiger partial charge in [-0.05, 0) is 57.4 Å². The van der Waals surface area contributed by atoms with Gasteiger partial charge in [-0.25, -0.2) is 8.42 Å². The van der Waals surface area contributed by atoms with Crippen LogP contribution in [-0.4, -0.2) is 50.3 Å². The molecule has 1 N–H and O–H groups in total. The Labute approximate surface area is 188 Å². The third kappa shape index (κ3) is 3.86. The van der Waals surface area contributed by atoms with Gasteiger partial charge in [0.1, 0.15) is 11.8 Å². The molecule has 170 valence electrons. The minimum atomic E-state index is -3.96. The lowest BCUT2D eigenvalue weighted by Gasteiger charge is -2.29. The van der Waals surface area contributed by atoms with Gasteiger partial charge >= 0.3 is 0 Å². The second-order valence-corrected chi connectivity index (χ2v) is 10.2. The number of nitrogens with zero attached hydrogens (tertiary/aromatic N) is 2. The van der Waals surface area contributed by atoms with Gasteiger partial charge in [-0.1, -0.05) is 17.7 Å². The number of carbonyl (C=O) groups is 2. The quantitative estimate of drug-likeness (QED) is 0.762. The third-order valence-corrected chi connectivity index (χ3v) is 8.09. The fourth-order valence-corrected chi connectivity index (χ4v) is 6.02. The lowest BCUT2D eigenvalue weighted by Crippen LogP contribution is -2.46. The van der Waals surface area contributed by atoms with E-state index in [1.54, 1.807) is 27.0 Å². The van der Waals surface area contributed by atoms with Crippen LogP contribution in [0.2, 0.25) is 0 Å². The number of sulfonamides is 1. The zero-order valence-corrected chi connectivity index (χ0v) is 19.4. The Morgan fingerprint density at radius 1 is 1.19 bits per heavy atom. The van der Waals surface area contributed by atoms with E-state index in [4.69, 9.17) is 4.74 Å². The fourth-order valence-electron chi connectivity index (χ4n) is 4.14. The van der Waals surface area contributed by atoms with E-state index < -0.39 is 22.2 Å². The molecule has 2 aromatic rings. The number of carbonyl (C=O) groups excluding carboxylic acids is 2. The average Bonchev–Trinajstić information content (AvgIpc) is 3.25. The lowest BCUT2D eigenvalue weighted by molar-refractivity contribution is -0.123. The van der Waals surface area contributed by atoms with E-state index in [1.807, 2.05) is 31.2 Å². The van der Waals surface area contributed by atoms with Gasteiger partial charge in [-0.3, -0.25) is 9.59 Å². The van der Waals surface area contributed by atoms with Gasteiger partial charge < -0.3 is 15.0 Å². The summed E-state index contributed by atoms with van der Waals surface area (Å²) < 4.78 is 34.1. The molecule has 0 spiro atoms. The number of hydrogen-bond acceptors (Lipinski definition) is 5. The average molecular weight is 458 g/mol. The molecule has 4 rings (SSSR count). The van der Waals surface area contributed by atoms with Crippen LogP contribution in [0, 0.1) is 13.8 Å². The monoisotopic (exact) mass is 457 g/mol. The highest BCUT2D eigenvalue weighted by Crippen LogP contribution is 2.37. The molecule has 0 radical (unpaired) electrons. The van der Waals surface area contributed by atoms with Crippen LogP contribution in [0.5, 0.6) is 5.75 Å². The Balaban J connectivity index is 1.65. The Kier molecular flexibility index (Phi) is 5.72. The first-order chi connectivity index (χ1) is 15.1. The van der Waals surface area contributed by atoms with Crippen molar-refractivity contribution >= 4 is 33.2 Å². The second-order valence-electron chi connectivity index (χ2n) is 8.37. The Morgan fingerprint density at radius 2 is 1.88 bits per heavy atom. The zero-order valence-electron chi connectivity index (χ0n) is 18.6. The Hall–Kier alpha value is -2.91. The van der Waals surface area contributed by atoms with Crippen LogP contribution >= 0.6 is 0 Å². The minimum absolute atomic E-state index is 0.0808. The molecule has 0 unspecified atom stereocenters. The molecule has 9 heteroatoms. The predicted molar refractivity (Wildman–Crippen MR) is 121 cm³/mol. The third-order valence-electron chi connectivity index (χ3n) is 6.04. The molecule has 0 saturated carbocycles. The summed E-state index contributed by atoms with van der Waals surface area (Å²) in [4.78, 5) is 26.7. The summed E-state index contributed by atoms with van der Waals surface area (Å²) in [6.07, 6.45) is 0.345. The largest absolute Gasteiger partial charge is 0.479 e. The van der Waals surface area contributed by atoms with Gasteiger partial charge in [0.15, 0.2) is 6.10 Å². The molecule has 1 fully saturated rings. The van der Waals surface area contributed by atoms with Crippen molar-refractivity contribution in [2.75, 3.05) is 23.8 Å². The predicted octanol–water partition coefficient (Wildman–Crippen LogP) is 2.84. The molecule has 2 amide bonds. The summed E-state index contributed by atoms with van der Waals surface area (Å²) >= 11 is 0. The molecule has 0 aliphatic carbocycles. The van der Waals surface area contributed by atoms with E-state index in [-0.39, 0.29) is 23.3 Å². The standard InChI is InChI=1S/C23H27N3O5S/c1-14-7-9-17(10-8-14)25(4)23(28)19-6-5-11-26(19)32(29,30)21-13-20-18(12-15(21)2)24-22(27)16(3)31-20/h7-10,12-13,16,19H,5-6,11H2,1-4H3,(H,24,27)/t16-,19-/m0/s1. The van der Waals surface area contributed by atoms with Gasteiger partial charge in [0.25, 0.3) is 5.91 Å². The molecule has 2 aromatic carbocycles. The van der Waals surface area contributed by atoms with E-state index in [2.05, 4.69) is 5.32 Å². The van der Waals surface area contributed by atoms with Crippen molar-refractivity contribution in [2.45, 2.75) is 50.7 Å². The number of nitrogens with one attached hydrogen (secondary N) is 1. The van der Waals surface area contributed by atoms with Crippen LogP contribution < -0.4 is 15.0 Å². The van der Waals surface area contributed by atoms with E-state index in [1.165, 1.54) is 15.3 Å². The summed E-state index contributed by atoms with van der Waals surface area (Å²) in [6.45, 7) is 5.50. The molecule has 0 aromatic heterocycles. The number of anilines is 2. The van der Waals surface area contributed by atoms with Crippen LogP contribution in [0.3, 0.4) is 0 Å². The van der Waals surface area contributed by atoms with E-state index >= 15 is 0 Å². The summed E-state index contributed by atoms with van der Waals surface area (Å²) in [6, 6.07) is 9.79. The Morgan fingerprint density at radius 3 is 2.56 bits per heavy atom. The van der Waals surface area contributed by atoms with Crippen LogP contribution in [-0.2, 0) is 19.6 Å². The highest BCUT2D eigenvalue weighted by molar-refractivity contribution is 7.89. The summed E-state index contributed by atoms with van der Waals surface area (Å²) in [5.41, 5.74) is 2.72. The minimum Gasteiger partial charge on any atom is -0.479 e. The van der Waals surface area contributed by atoms with Gasteiger partial charge in [0.2, 0.25) is 15.9 Å². The number of fused-ring (bicyclic) bond motifs is 1. The van der Waals surface area contributed by atoms with Gasteiger partial charge in [-0.15, -0.1) is 0 Å². The van der Waals surface area contributed by atoms with Gasteiger partial charge in [0, 0.05) is 25.3 Å². The maximum absolute atomic E-state index is 13.6. The van der Waals surface area contributed by atoms with E-state index in [0.29, 0.717) is 35.5 Å². The highest BCUT2D eigenvalue weighted by Gasteiger charge is 2.42. The number of aryl methyl sites for hydroxylation is 2. The maximum atomic E-state index is 13.6. The molecule has 2 heterocycles. The van der Waals surface area contributed by atoms with E-state index in [0.717, 1.165) is 5.56 Å². The molecule has 2 atom stereocenters. The van der Waals surface area contributed by atoms with Crippen LogP contribution in [0.4, 0.5) is 11.4 Å². The van der Waals surface area contributed by atoms with Crippen molar-refractivity contribution in [3.63, 3.8) is 0 Å². The summed E-state index contributed by atoms with van der Waals surface area (Å²) in [5.74, 6) is -0.236. The SMILES string of the molecule is Cc1ccc(N(C)C(=O)[C@@H]2CCCN2S(=O)(=O)c2cc3c(cc2C)NC(=O)[C@H](C)O3)cc1. The van der Waals surface area contributed by atoms with Crippen molar-refractivity contribution in [3.05, 3.63) is 47.5 Å². The molecule has 0 bridgehead atoms. The van der Waals surface area contributed by atoms with Gasteiger partial charge in [-0.2, -0.15) is 4.31 Å². The molecular formula is C23H27N3O5S. The van der Waals surface area contributed by atoms with Gasteiger partial charge in [0.05, 0.1) is 10.6 Å². The first-order valence-corrected chi connectivity index (χ1v) is 12.0. The van der Waals surface area contributed by atoms with E-state index in [9.17, 15) is 18.0 Å². The van der Waals surface area contributed by atoms with Crippen molar-refractivity contribution in [1.82, 2.24) is 4.31 Å². The highest BCUT2D eigenvalue weighted by atomic mass is 32.2. The second kappa shape index (κ2) is 8.22. The van der Waals surface area contributed by atoms with Crippen molar-refractivity contribution in [2.24, 2.45) is 0 Å². The summed E-state index contributed by atoms with van der Waals surface area (Å²) in [5, 5.41) is 2.73. The first-order valence-electron chi connectivity index (χ1n) is 10.6. The van der Waals surface area contributed by atoms with Crippen LogP contribution in [0.25, 0.3) is 0 Å². The van der Waals surface area contributed by atoms with Crippen molar-refractivity contribution in [3.8, 4) is 5.75 Å². The first kappa shape index (κ1) is 22.3. The van der Waals surface area contributed by atoms with Crippen molar-refractivity contribution < 1.29 is 22.7 Å². The normalized spacial score (nSPS) is 20.9. The van der Waals surface area contributed by atoms with Crippen molar-refractivity contribution in [1.29, 1.82) is 0 Å². The molecule has 1 saturated heterocycles. The summed E-state index contributed by atoms with van der Waals surface area (Å²) in [7, 11) is -2.29. The fraction of sp³-hybridized carbons (Fsp3) is 0.391.